The number of aromatic carboxylic acids is 1. The Bertz CT molecular complexity index is 440. The lowest BCUT2D eigenvalue weighted by Gasteiger charge is -2.19. The molecule has 2 atom stereocenters. The average molecular weight is 255 g/mol. The van der Waals surface area contributed by atoms with Crippen molar-refractivity contribution in [1.82, 2.24) is 4.98 Å². The van der Waals surface area contributed by atoms with E-state index in [1.165, 1.54) is 12.3 Å². The number of hydrogen-bond acceptors (Lipinski definition) is 3. The van der Waals surface area contributed by atoms with Gasteiger partial charge in [0.25, 0.3) is 0 Å². The Morgan fingerprint density at radius 1 is 1.47 bits per heavy atom. The van der Waals surface area contributed by atoms with Crippen LogP contribution in [0.2, 0.25) is 5.02 Å². The third-order valence-corrected chi connectivity index (χ3v) is 3.76. The van der Waals surface area contributed by atoms with Crippen molar-refractivity contribution in [2.45, 2.75) is 13.8 Å². The van der Waals surface area contributed by atoms with Gasteiger partial charge in [-0.15, -0.1) is 0 Å². The molecule has 0 aromatic carbocycles. The molecule has 0 bridgehead atoms. The van der Waals surface area contributed by atoms with E-state index >= 15 is 0 Å². The molecule has 1 aromatic heterocycles. The summed E-state index contributed by atoms with van der Waals surface area (Å²) < 4.78 is 0. The van der Waals surface area contributed by atoms with Gasteiger partial charge in [-0.05, 0) is 17.9 Å². The SMILES string of the molecule is CC1CN(c2nccc(C(=O)O)c2Cl)CC1C. The monoisotopic (exact) mass is 254 g/mol. The van der Waals surface area contributed by atoms with Crippen molar-refractivity contribution in [2.24, 2.45) is 11.8 Å². The van der Waals surface area contributed by atoms with Gasteiger partial charge in [0.05, 0.1) is 10.6 Å². The predicted octanol–water partition coefficient (Wildman–Crippen LogP) is 2.53. The number of rotatable bonds is 2. The summed E-state index contributed by atoms with van der Waals surface area (Å²) in [5.41, 5.74) is 0.115. The number of pyridine rings is 1. The highest BCUT2D eigenvalue weighted by Gasteiger charge is 2.29. The highest BCUT2D eigenvalue weighted by molar-refractivity contribution is 6.35. The molecule has 2 rings (SSSR count). The quantitative estimate of drug-likeness (QED) is 0.881. The van der Waals surface area contributed by atoms with Crippen molar-refractivity contribution in [3.8, 4) is 0 Å². The first-order valence-electron chi connectivity index (χ1n) is 5.63. The summed E-state index contributed by atoms with van der Waals surface area (Å²) in [6.45, 7) is 6.10. The molecule has 1 aliphatic rings. The van der Waals surface area contributed by atoms with Crippen LogP contribution in [-0.2, 0) is 0 Å². The van der Waals surface area contributed by atoms with E-state index in [1.54, 1.807) is 0 Å². The first-order valence-corrected chi connectivity index (χ1v) is 6.01. The minimum Gasteiger partial charge on any atom is -0.478 e. The Balaban J connectivity index is 2.34. The second kappa shape index (κ2) is 4.53. The maximum Gasteiger partial charge on any atom is 0.337 e. The number of carboxylic acid groups (broad SMARTS) is 1. The molecule has 1 fully saturated rings. The Morgan fingerprint density at radius 2 is 2.06 bits per heavy atom. The van der Waals surface area contributed by atoms with Crippen molar-refractivity contribution >= 4 is 23.4 Å². The minimum atomic E-state index is -1.01. The fourth-order valence-electron chi connectivity index (χ4n) is 2.12. The molecule has 0 saturated carbocycles. The fraction of sp³-hybridized carbons (Fsp3) is 0.500. The van der Waals surface area contributed by atoms with Crippen LogP contribution in [0.5, 0.6) is 0 Å². The van der Waals surface area contributed by atoms with Crippen LogP contribution in [0.3, 0.4) is 0 Å². The van der Waals surface area contributed by atoms with Gasteiger partial charge in [-0.2, -0.15) is 0 Å². The molecular formula is C12H15ClN2O2. The van der Waals surface area contributed by atoms with Gasteiger partial charge in [0.15, 0.2) is 0 Å². The lowest BCUT2D eigenvalue weighted by atomic mass is 10.0. The molecule has 5 heteroatoms. The predicted molar refractivity (Wildman–Crippen MR) is 66.7 cm³/mol. The topological polar surface area (TPSA) is 53.4 Å². The normalized spacial score (nSPS) is 24.1. The molecule has 0 radical (unpaired) electrons. The summed E-state index contributed by atoms with van der Waals surface area (Å²) in [6, 6.07) is 1.43. The second-order valence-electron chi connectivity index (χ2n) is 4.66. The van der Waals surface area contributed by atoms with Crippen LogP contribution >= 0.6 is 11.6 Å². The zero-order chi connectivity index (χ0) is 12.6. The molecule has 4 nitrogen and oxygen atoms in total. The summed E-state index contributed by atoms with van der Waals surface area (Å²) in [5.74, 6) is 0.712. The molecule has 0 spiro atoms. The van der Waals surface area contributed by atoms with E-state index in [-0.39, 0.29) is 10.6 Å². The summed E-state index contributed by atoms with van der Waals surface area (Å²) in [5, 5.41) is 9.24. The van der Waals surface area contributed by atoms with Gasteiger partial charge in [-0.3, -0.25) is 0 Å². The molecule has 1 saturated heterocycles. The van der Waals surface area contributed by atoms with Gasteiger partial charge in [0.2, 0.25) is 0 Å². The Morgan fingerprint density at radius 3 is 2.59 bits per heavy atom. The maximum absolute atomic E-state index is 11.0. The standard InChI is InChI=1S/C12H15ClN2O2/c1-7-5-15(6-8(7)2)11-10(13)9(12(16)17)3-4-14-11/h3-4,7-8H,5-6H2,1-2H3,(H,16,17). The van der Waals surface area contributed by atoms with E-state index in [1.807, 2.05) is 0 Å². The van der Waals surface area contributed by atoms with Gasteiger partial charge >= 0.3 is 5.97 Å². The smallest absolute Gasteiger partial charge is 0.337 e. The molecule has 2 heterocycles. The molecule has 1 N–H and O–H groups in total. The third-order valence-electron chi connectivity index (χ3n) is 3.39. The van der Waals surface area contributed by atoms with Crippen LogP contribution in [0.25, 0.3) is 0 Å². The summed E-state index contributed by atoms with van der Waals surface area (Å²) >= 11 is 6.09. The van der Waals surface area contributed by atoms with Gasteiger partial charge in [-0.25, -0.2) is 9.78 Å². The first-order chi connectivity index (χ1) is 8.00. The van der Waals surface area contributed by atoms with E-state index in [0.29, 0.717) is 17.7 Å². The molecule has 0 amide bonds. The van der Waals surface area contributed by atoms with Gasteiger partial charge in [-0.1, -0.05) is 25.4 Å². The van der Waals surface area contributed by atoms with Gasteiger partial charge in [0, 0.05) is 19.3 Å². The van der Waals surface area contributed by atoms with Crippen molar-refractivity contribution in [3.63, 3.8) is 0 Å². The first kappa shape index (κ1) is 12.2. The lowest BCUT2D eigenvalue weighted by molar-refractivity contribution is 0.0697. The van der Waals surface area contributed by atoms with Crippen LogP contribution < -0.4 is 4.90 Å². The number of aromatic nitrogens is 1. The largest absolute Gasteiger partial charge is 0.478 e. The Labute approximate surface area is 105 Å². The molecule has 0 aliphatic carbocycles. The minimum absolute atomic E-state index is 0.115. The molecule has 1 aliphatic heterocycles. The Hall–Kier alpha value is -1.29. The number of nitrogens with zero attached hydrogens (tertiary/aromatic N) is 2. The van der Waals surface area contributed by atoms with Crippen molar-refractivity contribution < 1.29 is 9.90 Å². The summed E-state index contributed by atoms with van der Waals surface area (Å²) in [6.07, 6.45) is 1.50. The van der Waals surface area contributed by atoms with Crippen molar-refractivity contribution in [2.75, 3.05) is 18.0 Å². The number of carboxylic acids is 1. The van der Waals surface area contributed by atoms with Gasteiger partial charge in [0.1, 0.15) is 5.82 Å². The van der Waals surface area contributed by atoms with Gasteiger partial charge < -0.3 is 10.0 Å². The molecule has 92 valence electrons. The molecular weight excluding hydrogens is 240 g/mol. The van der Waals surface area contributed by atoms with E-state index < -0.39 is 5.97 Å². The molecule has 1 aromatic rings. The molecule has 17 heavy (non-hydrogen) atoms. The van der Waals surface area contributed by atoms with Crippen LogP contribution in [0.4, 0.5) is 5.82 Å². The zero-order valence-corrected chi connectivity index (χ0v) is 10.6. The maximum atomic E-state index is 11.0. The van der Waals surface area contributed by atoms with E-state index in [4.69, 9.17) is 16.7 Å². The third kappa shape index (κ3) is 2.22. The Kier molecular flexibility index (Phi) is 3.24. The highest BCUT2D eigenvalue weighted by atomic mass is 35.5. The summed E-state index contributed by atoms with van der Waals surface area (Å²) in [4.78, 5) is 17.2. The zero-order valence-electron chi connectivity index (χ0n) is 9.85. The lowest BCUT2D eigenvalue weighted by Crippen LogP contribution is -2.21. The van der Waals surface area contributed by atoms with Crippen LogP contribution in [0.1, 0.15) is 24.2 Å². The van der Waals surface area contributed by atoms with Crippen LogP contribution in [-0.4, -0.2) is 29.1 Å². The molecule has 2 unspecified atom stereocenters. The van der Waals surface area contributed by atoms with Crippen molar-refractivity contribution in [1.29, 1.82) is 0 Å². The average Bonchev–Trinajstić information content (AvgIpc) is 2.59. The fourth-order valence-corrected chi connectivity index (χ4v) is 2.43. The van der Waals surface area contributed by atoms with Crippen LogP contribution in [0, 0.1) is 11.8 Å². The van der Waals surface area contributed by atoms with E-state index in [0.717, 1.165) is 13.1 Å². The van der Waals surface area contributed by atoms with Crippen molar-refractivity contribution in [3.05, 3.63) is 22.8 Å². The highest BCUT2D eigenvalue weighted by Crippen LogP contribution is 2.32. The number of hydrogen-bond donors (Lipinski definition) is 1. The second-order valence-corrected chi connectivity index (χ2v) is 5.04. The van der Waals surface area contributed by atoms with E-state index in [2.05, 4.69) is 23.7 Å². The number of anilines is 1. The number of halogens is 1. The van der Waals surface area contributed by atoms with E-state index in [9.17, 15) is 4.79 Å². The number of carbonyl (C=O) groups is 1. The van der Waals surface area contributed by atoms with Crippen LogP contribution in [0.15, 0.2) is 12.3 Å². The summed E-state index contributed by atoms with van der Waals surface area (Å²) in [7, 11) is 0.